The molecule has 0 bridgehead atoms. The number of carboxylic acids is 1. The second-order valence-corrected chi connectivity index (χ2v) is 8.95. The lowest BCUT2D eigenvalue weighted by Crippen LogP contribution is -2.40. The number of carbonyl (C=O) groups is 2. The fraction of sp³-hybridized carbons (Fsp3) is 0.185. The van der Waals surface area contributed by atoms with Gasteiger partial charge >= 0.3 is 5.97 Å². The van der Waals surface area contributed by atoms with Gasteiger partial charge in [-0.1, -0.05) is 65.2 Å². The summed E-state index contributed by atoms with van der Waals surface area (Å²) in [6.45, 7) is 4.69. The molecule has 0 spiro atoms. The third-order valence-electron chi connectivity index (χ3n) is 5.16. The Balaban J connectivity index is 1.69. The van der Waals surface area contributed by atoms with Gasteiger partial charge in [0.15, 0.2) is 0 Å². The lowest BCUT2D eigenvalue weighted by atomic mass is 10.1. The average molecular weight is 525 g/mol. The number of anilines is 2. The monoisotopic (exact) mass is 524 g/mol. The number of benzene rings is 2. The highest BCUT2D eigenvalue weighted by Crippen LogP contribution is 2.25. The molecule has 0 fully saturated rings. The predicted molar refractivity (Wildman–Crippen MR) is 144 cm³/mol. The highest BCUT2D eigenvalue weighted by Gasteiger charge is 2.22. The predicted octanol–water partition coefficient (Wildman–Crippen LogP) is 6.17. The number of nitrogens with zero attached hydrogens (tertiary/aromatic N) is 3. The maximum Gasteiger partial charge on any atom is 0.326 e. The third-order valence-corrected chi connectivity index (χ3v) is 5.79. The number of hydrogen-bond donors (Lipinski definition) is 2. The molecule has 0 aliphatic rings. The van der Waals surface area contributed by atoms with Crippen LogP contribution in [0.3, 0.4) is 0 Å². The molecule has 2 aromatic carbocycles. The van der Waals surface area contributed by atoms with Gasteiger partial charge in [0.1, 0.15) is 6.04 Å². The Morgan fingerprint density at radius 2 is 1.67 bits per heavy atom. The Morgan fingerprint density at radius 3 is 2.25 bits per heavy atom. The first-order valence-electron chi connectivity index (χ1n) is 11.2. The van der Waals surface area contributed by atoms with Crippen molar-refractivity contribution in [2.75, 3.05) is 11.4 Å². The molecule has 1 heterocycles. The van der Waals surface area contributed by atoms with Gasteiger partial charge in [0.25, 0.3) is 5.91 Å². The van der Waals surface area contributed by atoms with Crippen molar-refractivity contribution in [3.05, 3.63) is 99.8 Å². The quantitative estimate of drug-likeness (QED) is 0.307. The van der Waals surface area contributed by atoms with Crippen molar-refractivity contribution in [2.45, 2.75) is 26.3 Å². The van der Waals surface area contributed by atoms with Gasteiger partial charge in [-0.3, -0.25) is 4.79 Å². The van der Waals surface area contributed by atoms with E-state index in [-0.39, 0.29) is 22.0 Å². The van der Waals surface area contributed by atoms with Crippen LogP contribution in [0.4, 0.5) is 11.6 Å². The van der Waals surface area contributed by atoms with E-state index in [1.54, 1.807) is 36.7 Å². The molecule has 0 aliphatic heterocycles. The number of aliphatic carboxylic acids is 1. The van der Waals surface area contributed by atoms with E-state index in [1.807, 2.05) is 43.0 Å². The number of halogens is 2. The van der Waals surface area contributed by atoms with E-state index >= 15 is 0 Å². The second-order valence-electron chi connectivity index (χ2n) is 8.13. The molecule has 1 unspecified atom stereocenters. The Hall–Kier alpha value is -3.68. The largest absolute Gasteiger partial charge is 0.480 e. The van der Waals surface area contributed by atoms with Gasteiger partial charge in [-0.25, -0.2) is 14.8 Å². The average Bonchev–Trinajstić information content (AvgIpc) is 2.84. The molecule has 36 heavy (non-hydrogen) atoms. The van der Waals surface area contributed by atoms with Crippen molar-refractivity contribution in [1.82, 2.24) is 15.3 Å². The summed E-state index contributed by atoms with van der Waals surface area (Å²) in [5.74, 6) is -1.21. The van der Waals surface area contributed by atoms with Crippen LogP contribution in [0.15, 0.2) is 78.6 Å². The molecule has 186 valence electrons. The minimum atomic E-state index is -1.16. The van der Waals surface area contributed by atoms with Crippen molar-refractivity contribution in [3.8, 4) is 0 Å². The third kappa shape index (κ3) is 7.41. The molecule has 0 saturated carbocycles. The molecular formula is C27H26Cl2N4O3. The molecule has 1 amide bonds. The summed E-state index contributed by atoms with van der Waals surface area (Å²) in [4.78, 5) is 35.0. The second kappa shape index (κ2) is 12.9. The van der Waals surface area contributed by atoms with Gasteiger partial charge in [-0.2, -0.15) is 0 Å². The number of rotatable bonds is 10. The summed E-state index contributed by atoms with van der Waals surface area (Å²) >= 11 is 12.1. The molecule has 3 aromatic rings. The summed E-state index contributed by atoms with van der Waals surface area (Å²) in [6, 6.07) is 13.0. The number of hydrogen-bond acceptors (Lipinski definition) is 5. The van der Waals surface area contributed by atoms with Crippen molar-refractivity contribution in [1.29, 1.82) is 0 Å². The van der Waals surface area contributed by atoms with E-state index < -0.39 is 17.9 Å². The number of aromatic nitrogens is 2. The zero-order valence-electron chi connectivity index (χ0n) is 19.9. The van der Waals surface area contributed by atoms with Gasteiger partial charge in [0.05, 0.1) is 15.6 Å². The fourth-order valence-corrected chi connectivity index (χ4v) is 3.85. The Bertz CT molecular complexity index is 1240. The topological polar surface area (TPSA) is 95.4 Å². The molecule has 0 aliphatic carbocycles. The molecule has 0 saturated heterocycles. The first-order chi connectivity index (χ1) is 17.3. The number of nitrogens with one attached hydrogen (secondary N) is 1. The molecule has 1 atom stereocenters. The maximum absolute atomic E-state index is 12.6. The molecule has 0 radical (unpaired) electrons. The van der Waals surface area contributed by atoms with Crippen LogP contribution < -0.4 is 10.2 Å². The van der Waals surface area contributed by atoms with Gasteiger partial charge in [0, 0.05) is 24.6 Å². The molecular weight excluding hydrogens is 499 g/mol. The lowest BCUT2D eigenvalue weighted by molar-refractivity contribution is -0.139. The molecule has 9 heteroatoms. The van der Waals surface area contributed by atoms with Crippen LogP contribution >= 0.6 is 23.2 Å². The molecule has 7 nitrogen and oxygen atoms in total. The van der Waals surface area contributed by atoms with Crippen LogP contribution in [-0.4, -0.2) is 39.5 Å². The first-order valence-corrected chi connectivity index (χ1v) is 11.9. The zero-order chi connectivity index (χ0) is 26.1. The van der Waals surface area contributed by atoms with Gasteiger partial charge < -0.3 is 15.3 Å². The summed E-state index contributed by atoms with van der Waals surface area (Å²) in [6.07, 6.45) is 9.08. The Morgan fingerprint density at radius 1 is 1.03 bits per heavy atom. The number of carbonyl (C=O) groups excluding carboxylic acids is 1. The smallest absolute Gasteiger partial charge is 0.326 e. The Kier molecular flexibility index (Phi) is 9.61. The fourth-order valence-electron chi connectivity index (χ4n) is 3.28. The summed E-state index contributed by atoms with van der Waals surface area (Å²) < 4.78 is 0. The van der Waals surface area contributed by atoms with Crippen molar-refractivity contribution >= 4 is 52.8 Å². The summed E-state index contributed by atoms with van der Waals surface area (Å²) in [5, 5.41) is 12.3. The zero-order valence-corrected chi connectivity index (χ0v) is 21.4. The summed E-state index contributed by atoms with van der Waals surface area (Å²) in [5.41, 5.74) is 3.03. The first kappa shape index (κ1) is 26.9. The van der Waals surface area contributed by atoms with Crippen LogP contribution in [0, 0.1) is 0 Å². The van der Waals surface area contributed by atoms with Crippen LogP contribution in [0.25, 0.3) is 6.08 Å². The SMILES string of the molecule is CC(C)=CCN(c1ccc(C=CCC(NC(=O)c2c(Cl)cccc2Cl)C(=O)O)cc1)c1ncccn1. The number of carboxylic acid groups (broad SMARTS) is 1. The van der Waals surface area contributed by atoms with E-state index in [9.17, 15) is 14.7 Å². The van der Waals surface area contributed by atoms with Crippen molar-refractivity contribution in [3.63, 3.8) is 0 Å². The Labute approximate surface area is 220 Å². The highest BCUT2D eigenvalue weighted by atomic mass is 35.5. The molecule has 2 N–H and O–H groups in total. The summed E-state index contributed by atoms with van der Waals surface area (Å²) in [7, 11) is 0. The highest BCUT2D eigenvalue weighted by molar-refractivity contribution is 6.39. The minimum Gasteiger partial charge on any atom is -0.480 e. The van der Waals surface area contributed by atoms with Gasteiger partial charge in [-0.05, 0) is 56.2 Å². The lowest BCUT2D eigenvalue weighted by Gasteiger charge is -2.21. The normalized spacial score (nSPS) is 11.7. The minimum absolute atomic E-state index is 0.0479. The van der Waals surface area contributed by atoms with E-state index in [0.717, 1.165) is 11.3 Å². The van der Waals surface area contributed by atoms with Crippen molar-refractivity contribution < 1.29 is 14.7 Å². The van der Waals surface area contributed by atoms with E-state index in [2.05, 4.69) is 21.4 Å². The van der Waals surface area contributed by atoms with Crippen LogP contribution in [0.5, 0.6) is 0 Å². The molecule has 1 aromatic heterocycles. The van der Waals surface area contributed by atoms with Crippen molar-refractivity contribution in [2.24, 2.45) is 0 Å². The van der Waals surface area contributed by atoms with Crippen LogP contribution in [-0.2, 0) is 4.79 Å². The number of amides is 1. The molecule has 3 rings (SSSR count). The van der Waals surface area contributed by atoms with E-state index in [1.165, 1.54) is 17.7 Å². The van der Waals surface area contributed by atoms with E-state index in [4.69, 9.17) is 23.2 Å². The standard InChI is InChI=1S/C27H26Cl2N4O3/c1-18(2)14-17-33(27-30-15-5-16-31-27)20-12-10-19(11-13-20)6-3-9-23(26(35)36)32-25(34)24-21(28)7-4-8-22(24)29/h3-8,10-16,23H,9,17H2,1-2H3,(H,32,34)(H,35,36). The van der Waals surface area contributed by atoms with Gasteiger partial charge in [-0.15, -0.1) is 0 Å². The van der Waals surface area contributed by atoms with Crippen LogP contribution in [0.1, 0.15) is 36.2 Å². The van der Waals surface area contributed by atoms with E-state index in [0.29, 0.717) is 12.5 Å². The number of allylic oxidation sites excluding steroid dienone is 1. The van der Waals surface area contributed by atoms with Crippen LogP contribution in [0.2, 0.25) is 10.0 Å². The van der Waals surface area contributed by atoms with Gasteiger partial charge in [0.2, 0.25) is 5.95 Å². The maximum atomic E-state index is 12.6.